The molecule has 5 aliphatic rings. The van der Waals surface area contributed by atoms with Crippen molar-refractivity contribution in [2.45, 2.75) is 89.4 Å². The molecule has 1 aliphatic heterocycles. The molecule has 0 bridgehead atoms. The summed E-state index contributed by atoms with van der Waals surface area (Å²) in [6, 6.07) is -0.763. The number of nitrogens with zero attached hydrogens (tertiary/aromatic N) is 4. The lowest BCUT2D eigenvalue weighted by atomic mass is 9.46. The molecule has 3 N–H and O–H groups in total. The zero-order valence-electron chi connectivity index (χ0n) is 24.4. The van der Waals surface area contributed by atoms with Gasteiger partial charge in [-0.2, -0.15) is 0 Å². The Morgan fingerprint density at radius 3 is 2.81 bits per heavy atom. The third kappa shape index (κ3) is 4.44. The number of hydrogen-bond acceptors (Lipinski definition) is 9. The van der Waals surface area contributed by atoms with Crippen LogP contribution in [-0.4, -0.2) is 62.0 Å². The van der Waals surface area contributed by atoms with Crippen LogP contribution < -0.4 is 11.2 Å². The maximum Gasteiger partial charge on any atom is 0.338 e. The van der Waals surface area contributed by atoms with Crippen LogP contribution in [0, 0.1) is 35.5 Å². The largest absolute Gasteiger partial charge is 0.461 e. The number of aliphatic hydroxyl groups is 2. The van der Waals surface area contributed by atoms with Crippen LogP contribution in [0.2, 0.25) is 0 Å². The van der Waals surface area contributed by atoms with Crippen LogP contribution >= 0.6 is 0 Å². The van der Waals surface area contributed by atoms with Gasteiger partial charge in [0.05, 0.1) is 12.1 Å². The molecule has 4 fully saturated rings. The quantitative estimate of drug-likeness (QED) is 0.199. The molecule has 10 atom stereocenters. The van der Waals surface area contributed by atoms with E-state index in [1.807, 2.05) is 13.0 Å². The van der Waals surface area contributed by atoms with Crippen molar-refractivity contribution in [2.75, 3.05) is 6.61 Å². The fourth-order valence-corrected chi connectivity index (χ4v) is 8.97. The maximum absolute atomic E-state index is 13.7. The Balaban J connectivity index is 1.19. The second kappa shape index (κ2) is 10.3. The molecule has 0 radical (unpaired) electrons. The summed E-state index contributed by atoms with van der Waals surface area (Å²) in [6.45, 7) is 5.15. The van der Waals surface area contributed by atoms with E-state index in [-0.39, 0.29) is 49.4 Å². The summed E-state index contributed by atoms with van der Waals surface area (Å²) < 4.78 is 12.8. The van der Waals surface area contributed by atoms with Gasteiger partial charge in [0, 0.05) is 39.8 Å². The van der Waals surface area contributed by atoms with Gasteiger partial charge in [0.25, 0.3) is 5.56 Å². The number of carbonyl (C=O) groups excluding carboxylic acids is 2. The lowest BCUT2D eigenvalue weighted by molar-refractivity contribution is -0.200. The summed E-state index contributed by atoms with van der Waals surface area (Å²) in [5.74, 6) is -0.997. The molecule has 13 heteroatoms. The number of H-pyrrole nitrogens is 1. The number of aliphatic hydroxyl groups excluding tert-OH is 1. The van der Waals surface area contributed by atoms with Gasteiger partial charge in [-0.15, -0.1) is 0 Å². The molecule has 0 spiro atoms. The molecule has 1 aromatic rings. The van der Waals surface area contributed by atoms with E-state index >= 15 is 0 Å². The molecule has 13 nitrogen and oxygen atoms in total. The Morgan fingerprint density at radius 2 is 2.07 bits per heavy atom. The molecular weight excluding hydrogens is 558 g/mol. The molecule has 6 rings (SSSR count). The van der Waals surface area contributed by atoms with Gasteiger partial charge in [-0.1, -0.05) is 30.6 Å². The number of aryl methyl sites for hydroxylation is 1. The van der Waals surface area contributed by atoms with Crippen molar-refractivity contribution >= 4 is 11.8 Å². The van der Waals surface area contributed by atoms with Crippen LogP contribution in [0.1, 0.15) is 64.2 Å². The van der Waals surface area contributed by atoms with E-state index in [9.17, 15) is 29.4 Å². The minimum absolute atomic E-state index is 0.0405. The number of ketones is 1. The molecule has 2 heterocycles. The standard InChI is InChI=1S/C30H37N5O8/c1-15-13-35(27(40)32-25(15)38)23-11-20(33-34-31)22(43-23)14-42-26(39)30(41)9-7-19-18-5-4-16-10-17(36)6-8-28(16,2)24(18)21(37)12-29(19,30)3/h6,8,10,13,18-24,37,41H,4-5,7,9,11-12,14H2,1-3H3,(H,32,38,40)/t18?,19?,20?,21-,22?,23?,24?,28-,29-,30-/m0/s1. The first-order chi connectivity index (χ1) is 20.3. The Morgan fingerprint density at radius 1 is 1.30 bits per heavy atom. The second-order valence-corrected chi connectivity index (χ2v) is 13.3. The Labute approximate surface area is 247 Å². The molecule has 1 saturated heterocycles. The number of carbonyl (C=O) groups is 2. The fraction of sp³-hybridized carbons (Fsp3) is 0.667. The highest BCUT2D eigenvalue weighted by Gasteiger charge is 2.69. The summed E-state index contributed by atoms with van der Waals surface area (Å²) >= 11 is 0. The average molecular weight is 596 g/mol. The molecule has 0 aromatic carbocycles. The summed E-state index contributed by atoms with van der Waals surface area (Å²) in [5.41, 5.74) is 5.98. The molecule has 3 saturated carbocycles. The molecule has 6 unspecified atom stereocenters. The topological polar surface area (TPSA) is 197 Å². The number of aromatic amines is 1. The van der Waals surface area contributed by atoms with Crippen LogP contribution in [0.25, 0.3) is 10.4 Å². The molecule has 4 aliphatic carbocycles. The first-order valence-corrected chi connectivity index (χ1v) is 14.9. The van der Waals surface area contributed by atoms with Gasteiger partial charge in [0.15, 0.2) is 11.4 Å². The number of rotatable bonds is 5. The molecule has 230 valence electrons. The van der Waals surface area contributed by atoms with Gasteiger partial charge in [0.1, 0.15) is 18.9 Å². The summed E-state index contributed by atoms with van der Waals surface area (Å²) in [6.07, 6.45) is 6.55. The van der Waals surface area contributed by atoms with Crippen molar-refractivity contribution in [1.82, 2.24) is 9.55 Å². The maximum atomic E-state index is 13.7. The minimum atomic E-state index is -1.85. The lowest BCUT2D eigenvalue weighted by Gasteiger charge is -2.59. The molecule has 43 heavy (non-hydrogen) atoms. The number of allylic oxidation sites excluding steroid dienone is 4. The number of aromatic nitrogens is 2. The Bertz CT molecular complexity index is 1590. The predicted molar refractivity (Wildman–Crippen MR) is 151 cm³/mol. The van der Waals surface area contributed by atoms with Crippen LogP contribution in [0.3, 0.4) is 0 Å². The van der Waals surface area contributed by atoms with Gasteiger partial charge in [0.2, 0.25) is 0 Å². The van der Waals surface area contributed by atoms with Gasteiger partial charge in [-0.3, -0.25) is 19.1 Å². The number of hydrogen-bond donors (Lipinski definition) is 3. The van der Waals surface area contributed by atoms with E-state index in [0.29, 0.717) is 12.0 Å². The zero-order chi connectivity index (χ0) is 30.9. The van der Waals surface area contributed by atoms with E-state index in [4.69, 9.17) is 15.0 Å². The van der Waals surface area contributed by atoms with Crippen LogP contribution in [-0.2, 0) is 19.1 Å². The highest BCUT2D eigenvalue weighted by Crippen LogP contribution is 2.67. The number of esters is 1. The smallest absolute Gasteiger partial charge is 0.338 e. The van der Waals surface area contributed by atoms with Crippen LogP contribution in [0.5, 0.6) is 0 Å². The van der Waals surface area contributed by atoms with Crippen molar-refractivity contribution in [2.24, 2.45) is 33.7 Å². The lowest BCUT2D eigenvalue weighted by Crippen LogP contribution is -2.61. The van der Waals surface area contributed by atoms with Crippen molar-refractivity contribution in [3.8, 4) is 0 Å². The van der Waals surface area contributed by atoms with E-state index in [1.165, 1.54) is 10.8 Å². The van der Waals surface area contributed by atoms with E-state index in [2.05, 4.69) is 21.9 Å². The second-order valence-electron chi connectivity index (χ2n) is 13.3. The van der Waals surface area contributed by atoms with Crippen molar-refractivity contribution in [1.29, 1.82) is 0 Å². The SMILES string of the molecule is Cc1cn(C2CC(N=[N+]=[N-])C(COC(=O)[C@@]3(O)CCC4C5CCC6=CC(=O)C=C[C@]6(C)C5[C@@H](O)C[C@@]43C)O2)c(=O)[nH]c1=O. The molecular formula is C30H37N5O8. The first kappa shape index (κ1) is 29.6. The van der Waals surface area contributed by atoms with Crippen molar-refractivity contribution in [3.05, 3.63) is 66.8 Å². The fourth-order valence-electron chi connectivity index (χ4n) is 8.97. The number of nitrogens with one attached hydrogen (secondary N) is 1. The normalized spacial score (nSPS) is 41.5. The zero-order valence-corrected chi connectivity index (χ0v) is 24.4. The summed E-state index contributed by atoms with van der Waals surface area (Å²) in [5, 5.41) is 27.3. The molecule has 1 aromatic heterocycles. The third-order valence-electron chi connectivity index (χ3n) is 11.2. The highest BCUT2D eigenvalue weighted by molar-refractivity contribution is 6.01. The monoisotopic (exact) mass is 595 g/mol. The highest BCUT2D eigenvalue weighted by atomic mass is 16.6. The first-order valence-electron chi connectivity index (χ1n) is 14.9. The Kier molecular flexibility index (Phi) is 7.08. The Hall–Kier alpha value is -3.51. The minimum Gasteiger partial charge on any atom is -0.461 e. The third-order valence-corrected chi connectivity index (χ3v) is 11.2. The van der Waals surface area contributed by atoms with Gasteiger partial charge in [-0.25, -0.2) is 9.59 Å². The van der Waals surface area contributed by atoms with E-state index < -0.39 is 58.1 Å². The van der Waals surface area contributed by atoms with Crippen LogP contribution in [0.15, 0.2) is 44.7 Å². The summed E-state index contributed by atoms with van der Waals surface area (Å²) in [7, 11) is 0. The van der Waals surface area contributed by atoms with Crippen molar-refractivity contribution < 1.29 is 29.3 Å². The van der Waals surface area contributed by atoms with Gasteiger partial charge in [-0.05, 0) is 68.5 Å². The van der Waals surface area contributed by atoms with Crippen LogP contribution in [0.4, 0.5) is 0 Å². The molecule has 0 amide bonds. The number of fused-ring (bicyclic) bond motifs is 5. The van der Waals surface area contributed by atoms with E-state index in [0.717, 1.165) is 18.4 Å². The summed E-state index contributed by atoms with van der Waals surface area (Å²) in [4.78, 5) is 55.0. The average Bonchev–Trinajstić information content (AvgIpc) is 3.47. The van der Waals surface area contributed by atoms with Crippen molar-refractivity contribution in [3.63, 3.8) is 0 Å². The van der Waals surface area contributed by atoms with Gasteiger partial charge >= 0.3 is 11.7 Å². The van der Waals surface area contributed by atoms with Gasteiger partial charge < -0.3 is 19.7 Å². The van der Waals surface area contributed by atoms with E-state index in [1.54, 1.807) is 19.1 Å². The number of ether oxygens (including phenoxy) is 2. The number of azide groups is 1. The predicted octanol–water partition coefficient (Wildman–Crippen LogP) is 2.36.